The highest BCUT2D eigenvalue weighted by molar-refractivity contribution is 4.91. The minimum Gasteiger partial charge on any atom is -0.385 e. The van der Waals surface area contributed by atoms with Gasteiger partial charge in [0.05, 0.1) is 0 Å². The van der Waals surface area contributed by atoms with Gasteiger partial charge in [0, 0.05) is 32.3 Å². The number of nitrogens with two attached hydrogens (primary N) is 1. The Balaban J connectivity index is 2.27. The van der Waals surface area contributed by atoms with Crippen LogP contribution in [0, 0.1) is 5.92 Å². The first kappa shape index (κ1) is 13.9. The van der Waals surface area contributed by atoms with E-state index in [1.807, 2.05) is 0 Å². The van der Waals surface area contributed by atoms with Crippen molar-refractivity contribution in [3.8, 4) is 0 Å². The Morgan fingerprint density at radius 2 is 2.25 bits per heavy atom. The highest BCUT2D eigenvalue weighted by Crippen LogP contribution is 2.30. The number of nitrogens with zero attached hydrogens (tertiary/aromatic N) is 1. The van der Waals surface area contributed by atoms with E-state index in [2.05, 4.69) is 18.9 Å². The van der Waals surface area contributed by atoms with Crippen molar-refractivity contribution in [2.24, 2.45) is 11.7 Å². The molecule has 0 heterocycles. The van der Waals surface area contributed by atoms with E-state index in [0.29, 0.717) is 0 Å². The lowest BCUT2D eigenvalue weighted by atomic mass is 9.77. The third-order valence-corrected chi connectivity index (χ3v) is 3.60. The summed E-state index contributed by atoms with van der Waals surface area (Å²) >= 11 is 0. The van der Waals surface area contributed by atoms with Crippen molar-refractivity contribution in [3.63, 3.8) is 0 Å². The maximum absolute atomic E-state index is 6.48. The van der Waals surface area contributed by atoms with Crippen LogP contribution in [0.3, 0.4) is 0 Å². The van der Waals surface area contributed by atoms with E-state index < -0.39 is 0 Å². The van der Waals surface area contributed by atoms with Crippen molar-refractivity contribution < 1.29 is 4.74 Å². The maximum atomic E-state index is 6.48. The van der Waals surface area contributed by atoms with Gasteiger partial charge in [-0.1, -0.05) is 19.8 Å². The molecule has 0 spiro atoms. The van der Waals surface area contributed by atoms with Crippen LogP contribution in [0.4, 0.5) is 0 Å². The van der Waals surface area contributed by atoms with Crippen molar-refractivity contribution in [1.29, 1.82) is 0 Å². The number of rotatable bonds is 6. The summed E-state index contributed by atoms with van der Waals surface area (Å²) in [5, 5.41) is 0. The average Bonchev–Trinajstić information content (AvgIpc) is 2.16. The van der Waals surface area contributed by atoms with Gasteiger partial charge < -0.3 is 15.4 Å². The molecule has 2 N–H and O–H groups in total. The zero-order valence-electron chi connectivity index (χ0n) is 11.2. The lowest BCUT2D eigenvalue weighted by molar-refractivity contribution is 0.147. The molecule has 0 aromatic heterocycles. The van der Waals surface area contributed by atoms with Crippen LogP contribution in [0.5, 0.6) is 0 Å². The van der Waals surface area contributed by atoms with Crippen LogP contribution >= 0.6 is 0 Å². The fraction of sp³-hybridized carbons (Fsp3) is 1.00. The standard InChI is InChI=1S/C13H28N2O/c1-12-6-4-7-13(14,10-12)11-15(2)8-5-9-16-3/h12H,4-11,14H2,1-3H3. The Bertz CT molecular complexity index is 198. The Morgan fingerprint density at radius 3 is 2.88 bits per heavy atom. The lowest BCUT2D eigenvalue weighted by Crippen LogP contribution is -2.52. The van der Waals surface area contributed by atoms with Gasteiger partial charge in [-0.15, -0.1) is 0 Å². The molecule has 0 aromatic carbocycles. The fourth-order valence-electron chi connectivity index (χ4n) is 2.94. The molecular weight excluding hydrogens is 200 g/mol. The Hall–Kier alpha value is -0.120. The van der Waals surface area contributed by atoms with Crippen LogP contribution in [0.1, 0.15) is 39.0 Å². The second kappa shape index (κ2) is 6.58. The smallest absolute Gasteiger partial charge is 0.0474 e. The SMILES string of the molecule is COCCCN(C)CC1(N)CCCC(C)C1. The normalized spacial score (nSPS) is 30.9. The van der Waals surface area contributed by atoms with Crippen LogP contribution in [0.2, 0.25) is 0 Å². The summed E-state index contributed by atoms with van der Waals surface area (Å²) in [5.41, 5.74) is 6.54. The molecule has 2 unspecified atom stereocenters. The predicted molar refractivity (Wildman–Crippen MR) is 68.5 cm³/mol. The molecule has 3 nitrogen and oxygen atoms in total. The van der Waals surface area contributed by atoms with E-state index in [1.165, 1.54) is 25.7 Å². The molecule has 96 valence electrons. The third kappa shape index (κ3) is 4.81. The van der Waals surface area contributed by atoms with Crippen LogP contribution in [0.25, 0.3) is 0 Å². The number of hydrogen-bond donors (Lipinski definition) is 1. The van der Waals surface area contributed by atoms with Crippen molar-refractivity contribution in [3.05, 3.63) is 0 Å². The summed E-state index contributed by atoms with van der Waals surface area (Å²) in [7, 11) is 3.93. The summed E-state index contributed by atoms with van der Waals surface area (Å²) in [6.07, 6.45) is 6.11. The van der Waals surface area contributed by atoms with Crippen molar-refractivity contribution >= 4 is 0 Å². The van der Waals surface area contributed by atoms with E-state index in [-0.39, 0.29) is 5.54 Å². The number of hydrogen-bond acceptors (Lipinski definition) is 3. The summed E-state index contributed by atoms with van der Waals surface area (Å²) in [6.45, 7) is 5.28. The largest absolute Gasteiger partial charge is 0.385 e. The van der Waals surface area contributed by atoms with Gasteiger partial charge in [0.25, 0.3) is 0 Å². The van der Waals surface area contributed by atoms with Gasteiger partial charge in [-0.05, 0) is 32.2 Å². The molecule has 3 heteroatoms. The van der Waals surface area contributed by atoms with Crippen LogP contribution < -0.4 is 5.73 Å². The monoisotopic (exact) mass is 228 g/mol. The summed E-state index contributed by atoms with van der Waals surface area (Å²) in [6, 6.07) is 0. The summed E-state index contributed by atoms with van der Waals surface area (Å²) < 4.78 is 5.07. The molecular formula is C13H28N2O. The van der Waals surface area contributed by atoms with E-state index in [0.717, 1.165) is 32.0 Å². The van der Waals surface area contributed by atoms with Gasteiger partial charge in [0.2, 0.25) is 0 Å². The second-order valence-corrected chi connectivity index (χ2v) is 5.65. The van der Waals surface area contributed by atoms with Gasteiger partial charge in [0.15, 0.2) is 0 Å². The molecule has 1 aliphatic carbocycles. The molecule has 0 amide bonds. The third-order valence-electron chi connectivity index (χ3n) is 3.60. The average molecular weight is 228 g/mol. The van der Waals surface area contributed by atoms with E-state index in [1.54, 1.807) is 7.11 Å². The topological polar surface area (TPSA) is 38.5 Å². The van der Waals surface area contributed by atoms with Crippen LogP contribution in [0.15, 0.2) is 0 Å². The molecule has 1 rings (SSSR count). The van der Waals surface area contributed by atoms with Crippen LogP contribution in [-0.2, 0) is 4.74 Å². The number of methoxy groups -OCH3 is 1. The molecule has 0 aromatic rings. The highest BCUT2D eigenvalue weighted by Gasteiger charge is 2.31. The second-order valence-electron chi connectivity index (χ2n) is 5.65. The first-order valence-electron chi connectivity index (χ1n) is 6.52. The number of ether oxygens (including phenoxy) is 1. The van der Waals surface area contributed by atoms with Crippen molar-refractivity contribution in [2.75, 3.05) is 33.9 Å². The molecule has 1 aliphatic rings. The van der Waals surface area contributed by atoms with Gasteiger partial charge in [-0.2, -0.15) is 0 Å². The first-order valence-corrected chi connectivity index (χ1v) is 6.52. The molecule has 0 saturated heterocycles. The van der Waals surface area contributed by atoms with Gasteiger partial charge in [-0.3, -0.25) is 0 Å². The summed E-state index contributed by atoms with van der Waals surface area (Å²) in [5.74, 6) is 0.797. The van der Waals surface area contributed by atoms with Gasteiger partial charge >= 0.3 is 0 Å². The predicted octanol–water partition coefficient (Wildman–Crippen LogP) is 1.86. The molecule has 2 atom stereocenters. The molecule has 1 saturated carbocycles. The van der Waals surface area contributed by atoms with Crippen LogP contribution in [-0.4, -0.2) is 44.3 Å². The lowest BCUT2D eigenvalue weighted by Gasteiger charge is -2.39. The van der Waals surface area contributed by atoms with Gasteiger partial charge in [0.1, 0.15) is 0 Å². The Labute approximate surface area is 100 Å². The highest BCUT2D eigenvalue weighted by atomic mass is 16.5. The minimum atomic E-state index is 0.0550. The summed E-state index contributed by atoms with van der Waals surface area (Å²) in [4.78, 5) is 2.36. The number of likely N-dealkylation sites (N-methyl/N-ethyl adjacent to an activating group) is 1. The van der Waals surface area contributed by atoms with E-state index in [9.17, 15) is 0 Å². The zero-order chi connectivity index (χ0) is 12.0. The van der Waals surface area contributed by atoms with E-state index >= 15 is 0 Å². The minimum absolute atomic E-state index is 0.0550. The molecule has 1 fully saturated rings. The zero-order valence-corrected chi connectivity index (χ0v) is 11.2. The Morgan fingerprint density at radius 1 is 1.50 bits per heavy atom. The van der Waals surface area contributed by atoms with Crippen molar-refractivity contribution in [2.45, 2.75) is 44.6 Å². The molecule has 0 bridgehead atoms. The molecule has 0 aliphatic heterocycles. The van der Waals surface area contributed by atoms with Gasteiger partial charge in [-0.25, -0.2) is 0 Å². The molecule has 16 heavy (non-hydrogen) atoms. The maximum Gasteiger partial charge on any atom is 0.0474 e. The van der Waals surface area contributed by atoms with Crippen molar-refractivity contribution in [1.82, 2.24) is 4.90 Å². The first-order chi connectivity index (χ1) is 7.56. The molecule has 0 radical (unpaired) electrons. The fourth-order valence-corrected chi connectivity index (χ4v) is 2.94. The Kier molecular flexibility index (Phi) is 5.73. The quantitative estimate of drug-likeness (QED) is 0.705. The van der Waals surface area contributed by atoms with E-state index in [4.69, 9.17) is 10.5 Å².